The standard InChI is InChI=1S/C42H50O2/c43-29-33-21-17-31(18-22-33)27-37-11-3-7-15-41(37)39-13-5-1-9-35(39)25-26-36-10-2-6-14-40(36)42-16-8-4-12-38(42)28-32-19-23-34(30-44)24-20-32/h1-16,31-34,43-44H,17-30H2. The van der Waals surface area contributed by atoms with Crippen LogP contribution in [0.25, 0.3) is 22.3 Å². The lowest BCUT2D eigenvalue weighted by molar-refractivity contribution is 0.167. The first-order valence-electron chi connectivity index (χ1n) is 17.3. The van der Waals surface area contributed by atoms with Crippen molar-refractivity contribution in [2.75, 3.05) is 13.2 Å². The van der Waals surface area contributed by atoms with Crippen LogP contribution in [0, 0.1) is 23.7 Å². The van der Waals surface area contributed by atoms with Crippen molar-refractivity contribution in [1.29, 1.82) is 0 Å². The van der Waals surface area contributed by atoms with Gasteiger partial charge in [0.15, 0.2) is 0 Å². The Bertz CT molecular complexity index is 1360. The monoisotopic (exact) mass is 586 g/mol. The summed E-state index contributed by atoms with van der Waals surface area (Å²) in [7, 11) is 0. The molecule has 2 saturated carbocycles. The van der Waals surface area contributed by atoms with E-state index in [1.54, 1.807) is 0 Å². The van der Waals surface area contributed by atoms with Gasteiger partial charge in [-0.05, 0) is 145 Å². The Balaban J connectivity index is 1.20. The molecular weight excluding hydrogens is 536 g/mol. The zero-order valence-corrected chi connectivity index (χ0v) is 26.3. The molecule has 6 rings (SSSR count). The highest BCUT2D eigenvalue weighted by atomic mass is 16.3. The molecular formula is C42H50O2. The largest absolute Gasteiger partial charge is 0.396 e. The predicted molar refractivity (Wildman–Crippen MR) is 184 cm³/mol. The van der Waals surface area contributed by atoms with Gasteiger partial charge >= 0.3 is 0 Å². The summed E-state index contributed by atoms with van der Waals surface area (Å²) in [5.41, 5.74) is 11.3. The van der Waals surface area contributed by atoms with Gasteiger partial charge in [-0.25, -0.2) is 0 Å². The van der Waals surface area contributed by atoms with Crippen molar-refractivity contribution in [1.82, 2.24) is 0 Å². The number of hydrogen-bond acceptors (Lipinski definition) is 2. The van der Waals surface area contributed by atoms with Crippen LogP contribution in [-0.4, -0.2) is 23.4 Å². The zero-order chi connectivity index (χ0) is 30.1. The van der Waals surface area contributed by atoms with Crippen LogP contribution >= 0.6 is 0 Å². The maximum Gasteiger partial charge on any atom is 0.0459 e. The molecule has 0 atom stereocenters. The number of benzene rings is 4. The van der Waals surface area contributed by atoms with Gasteiger partial charge in [0.2, 0.25) is 0 Å². The Labute approximate surface area is 265 Å². The van der Waals surface area contributed by atoms with Gasteiger partial charge in [-0.3, -0.25) is 0 Å². The van der Waals surface area contributed by atoms with E-state index in [4.69, 9.17) is 0 Å². The maximum absolute atomic E-state index is 9.59. The van der Waals surface area contributed by atoms with E-state index in [0.29, 0.717) is 36.9 Å². The number of aliphatic hydroxyl groups excluding tert-OH is 2. The SMILES string of the molecule is OCC1CCC(Cc2ccccc2-c2ccccc2CCc2ccccc2-c2ccccc2CC2CCC(CO)CC2)CC1. The van der Waals surface area contributed by atoms with Crippen molar-refractivity contribution in [2.24, 2.45) is 23.7 Å². The molecule has 0 aliphatic heterocycles. The molecule has 0 amide bonds. The van der Waals surface area contributed by atoms with Gasteiger partial charge in [-0.15, -0.1) is 0 Å². The van der Waals surface area contributed by atoms with Crippen molar-refractivity contribution >= 4 is 0 Å². The molecule has 0 saturated heterocycles. The van der Waals surface area contributed by atoms with Gasteiger partial charge in [-0.2, -0.15) is 0 Å². The molecule has 230 valence electrons. The predicted octanol–water partition coefficient (Wildman–Crippen LogP) is 9.49. The molecule has 0 spiro atoms. The fourth-order valence-corrected chi connectivity index (χ4v) is 8.05. The molecule has 0 unspecified atom stereocenters. The van der Waals surface area contributed by atoms with Crippen LogP contribution in [0.5, 0.6) is 0 Å². The molecule has 0 aromatic heterocycles. The lowest BCUT2D eigenvalue weighted by Gasteiger charge is -2.28. The second-order valence-electron chi connectivity index (χ2n) is 13.7. The van der Waals surface area contributed by atoms with E-state index in [1.165, 1.54) is 70.2 Å². The summed E-state index contributed by atoms with van der Waals surface area (Å²) >= 11 is 0. The van der Waals surface area contributed by atoms with Crippen molar-refractivity contribution < 1.29 is 10.2 Å². The number of aliphatic hydroxyl groups is 2. The van der Waals surface area contributed by atoms with Gasteiger partial charge in [0.25, 0.3) is 0 Å². The second kappa shape index (κ2) is 15.2. The molecule has 44 heavy (non-hydrogen) atoms. The third kappa shape index (κ3) is 7.53. The summed E-state index contributed by atoms with van der Waals surface area (Å²) in [4.78, 5) is 0. The number of rotatable bonds is 11. The van der Waals surface area contributed by atoms with Crippen molar-refractivity contribution in [3.05, 3.63) is 119 Å². The number of hydrogen-bond donors (Lipinski definition) is 2. The molecule has 0 bridgehead atoms. The van der Waals surface area contributed by atoms with Crippen molar-refractivity contribution in [2.45, 2.75) is 77.0 Å². The van der Waals surface area contributed by atoms with Gasteiger partial charge in [-0.1, -0.05) is 97.1 Å². The lowest BCUT2D eigenvalue weighted by Crippen LogP contribution is -2.18. The fourth-order valence-electron chi connectivity index (χ4n) is 8.05. The first-order chi connectivity index (χ1) is 21.7. The molecule has 2 aliphatic carbocycles. The average Bonchev–Trinajstić information content (AvgIpc) is 3.09. The topological polar surface area (TPSA) is 40.5 Å². The van der Waals surface area contributed by atoms with E-state index in [0.717, 1.165) is 51.4 Å². The summed E-state index contributed by atoms with van der Waals surface area (Å²) in [5, 5.41) is 19.2. The third-order valence-corrected chi connectivity index (χ3v) is 10.8. The second-order valence-corrected chi connectivity index (χ2v) is 13.7. The summed E-state index contributed by atoms with van der Waals surface area (Å²) in [5.74, 6) is 2.43. The van der Waals surface area contributed by atoms with Crippen molar-refractivity contribution in [3.8, 4) is 22.3 Å². The third-order valence-electron chi connectivity index (χ3n) is 10.8. The smallest absolute Gasteiger partial charge is 0.0459 e. The van der Waals surface area contributed by atoms with Crippen LogP contribution in [0.1, 0.15) is 73.6 Å². The highest BCUT2D eigenvalue weighted by Crippen LogP contribution is 2.37. The molecule has 2 nitrogen and oxygen atoms in total. The van der Waals surface area contributed by atoms with E-state index in [2.05, 4.69) is 97.1 Å². The van der Waals surface area contributed by atoms with Gasteiger partial charge < -0.3 is 10.2 Å². The molecule has 2 aliphatic rings. The Kier molecular flexibility index (Phi) is 10.6. The number of aryl methyl sites for hydroxylation is 2. The first kappa shape index (κ1) is 30.8. The lowest BCUT2D eigenvalue weighted by atomic mass is 9.78. The van der Waals surface area contributed by atoms with Gasteiger partial charge in [0.05, 0.1) is 0 Å². The first-order valence-corrected chi connectivity index (χ1v) is 17.3. The summed E-state index contributed by atoms with van der Waals surface area (Å²) in [6.45, 7) is 0.690. The van der Waals surface area contributed by atoms with E-state index in [-0.39, 0.29) is 0 Å². The normalized spacial score (nSPS) is 22.1. The molecule has 2 N–H and O–H groups in total. The Morgan fingerprint density at radius 2 is 0.636 bits per heavy atom. The Morgan fingerprint density at radius 1 is 0.364 bits per heavy atom. The fraction of sp³-hybridized carbons (Fsp3) is 0.429. The van der Waals surface area contributed by atoms with E-state index in [1.807, 2.05) is 0 Å². The molecule has 4 aromatic rings. The van der Waals surface area contributed by atoms with Crippen LogP contribution < -0.4 is 0 Å². The van der Waals surface area contributed by atoms with Crippen LogP contribution in [0.2, 0.25) is 0 Å². The van der Waals surface area contributed by atoms with Crippen LogP contribution in [0.3, 0.4) is 0 Å². The molecule has 2 fully saturated rings. The summed E-state index contributed by atoms with van der Waals surface area (Å²) in [6, 6.07) is 36.2. The van der Waals surface area contributed by atoms with Crippen LogP contribution in [0.4, 0.5) is 0 Å². The summed E-state index contributed by atoms with van der Waals surface area (Å²) < 4.78 is 0. The summed E-state index contributed by atoms with van der Waals surface area (Å²) in [6.07, 6.45) is 13.8. The minimum atomic E-state index is 0.345. The zero-order valence-electron chi connectivity index (χ0n) is 26.3. The molecule has 0 radical (unpaired) electrons. The van der Waals surface area contributed by atoms with Gasteiger partial charge in [0.1, 0.15) is 0 Å². The van der Waals surface area contributed by atoms with Crippen LogP contribution in [0.15, 0.2) is 97.1 Å². The van der Waals surface area contributed by atoms with Gasteiger partial charge in [0, 0.05) is 13.2 Å². The average molecular weight is 587 g/mol. The minimum Gasteiger partial charge on any atom is -0.396 e. The Hall–Kier alpha value is -3.20. The highest BCUT2D eigenvalue weighted by molar-refractivity contribution is 5.72. The van der Waals surface area contributed by atoms with E-state index in [9.17, 15) is 10.2 Å². The van der Waals surface area contributed by atoms with E-state index < -0.39 is 0 Å². The van der Waals surface area contributed by atoms with E-state index >= 15 is 0 Å². The molecule has 4 aromatic carbocycles. The maximum atomic E-state index is 9.59. The highest BCUT2D eigenvalue weighted by Gasteiger charge is 2.23. The molecule has 0 heterocycles. The quantitative estimate of drug-likeness (QED) is 0.184. The van der Waals surface area contributed by atoms with Crippen LogP contribution in [-0.2, 0) is 25.7 Å². The molecule has 2 heteroatoms. The Morgan fingerprint density at radius 3 is 0.977 bits per heavy atom. The van der Waals surface area contributed by atoms with Crippen molar-refractivity contribution in [3.63, 3.8) is 0 Å². The minimum absolute atomic E-state index is 0.345.